The number of aromatic amines is 1. The Kier molecular flexibility index (Phi) is 4.20. The fourth-order valence-corrected chi connectivity index (χ4v) is 3.09. The number of nitrogens with one attached hydrogen (secondary N) is 1. The zero-order chi connectivity index (χ0) is 14.7. The molecule has 0 unspecified atom stereocenters. The molecule has 5 heteroatoms. The van der Waals surface area contributed by atoms with Crippen LogP contribution in [0.3, 0.4) is 0 Å². The molecule has 112 valence electrons. The van der Waals surface area contributed by atoms with E-state index in [1.54, 1.807) is 4.57 Å². The van der Waals surface area contributed by atoms with E-state index in [1.807, 2.05) is 18.2 Å². The van der Waals surface area contributed by atoms with E-state index in [2.05, 4.69) is 34.3 Å². The summed E-state index contributed by atoms with van der Waals surface area (Å²) in [4.78, 5) is 14.3. The quantitative estimate of drug-likeness (QED) is 0.935. The van der Waals surface area contributed by atoms with Crippen molar-refractivity contribution in [2.24, 2.45) is 0 Å². The molecule has 1 aromatic carbocycles. The Hall–Kier alpha value is -1.88. The number of aryl methyl sites for hydroxylation is 1. The van der Waals surface area contributed by atoms with Crippen molar-refractivity contribution >= 4 is 0 Å². The van der Waals surface area contributed by atoms with Crippen LogP contribution in [0.15, 0.2) is 35.1 Å². The van der Waals surface area contributed by atoms with Crippen molar-refractivity contribution in [3.8, 4) is 0 Å². The number of aromatic nitrogens is 3. The molecule has 2 aromatic rings. The van der Waals surface area contributed by atoms with Crippen LogP contribution < -0.4 is 5.69 Å². The van der Waals surface area contributed by atoms with Gasteiger partial charge in [-0.05, 0) is 38.4 Å². The van der Waals surface area contributed by atoms with Crippen molar-refractivity contribution in [1.29, 1.82) is 0 Å². The van der Waals surface area contributed by atoms with Crippen molar-refractivity contribution < 1.29 is 0 Å². The molecule has 1 aliphatic heterocycles. The molecule has 0 spiro atoms. The smallest absolute Gasteiger partial charge is 0.296 e. The fourth-order valence-electron chi connectivity index (χ4n) is 3.09. The highest BCUT2D eigenvalue weighted by molar-refractivity contribution is 5.14. The monoisotopic (exact) mass is 286 g/mol. The number of likely N-dealkylation sites (tertiary alicyclic amines) is 1. The highest BCUT2D eigenvalue weighted by Crippen LogP contribution is 2.27. The summed E-state index contributed by atoms with van der Waals surface area (Å²) in [5.41, 5.74) is 1.15. The van der Waals surface area contributed by atoms with Crippen LogP contribution >= 0.6 is 0 Å². The number of hydrogen-bond donors (Lipinski definition) is 1. The summed E-state index contributed by atoms with van der Waals surface area (Å²) < 4.78 is 1.81. The van der Waals surface area contributed by atoms with Crippen LogP contribution in [0.5, 0.6) is 0 Å². The minimum atomic E-state index is -0.0973. The first-order valence-electron chi connectivity index (χ1n) is 7.65. The Morgan fingerprint density at radius 3 is 2.86 bits per heavy atom. The first-order valence-corrected chi connectivity index (χ1v) is 7.65. The lowest BCUT2D eigenvalue weighted by molar-refractivity contribution is 0.175. The van der Waals surface area contributed by atoms with E-state index in [-0.39, 0.29) is 11.7 Å². The molecular weight excluding hydrogens is 264 g/mol. The van der Waals surface area contributed by atoms with E-state index in [0.717, 1.165) is 25.2 Å². The maximum atomic E-state index is 12.0. The van der Waals surface area contributed by atoms with E-state index >= 15 is 0 Å². The lowest BCUT2D eigenvalue weighted by Crippen LogP contribution is -2.33. The first-order chi connectivity index (χ1) is 10.3. The van der Waals surface area contributed by atoms with Gasteiger partial charge in [0.15, 0.2) is 5.82 Å². The van der Waals surface area contributed by atoms with Gasteiger partial charge in [-0.1, -0.05) is 36.8 Å². The fraction of sp³-hybridized carbons (Fsp3) is 0.500. The highest BCUT2D eigenvalue weighted by atomic mass is 16.1. The lowest BCUT2D eigenvalue weighted by Gasteiger charge is -2.31. The molecular formula is C16H22N4O. The van der Waals surface area contributed by atoms with Gasteiger partial charge in [0.1, 0.15) is 0 Å². The summed E-state index contributed by atoms with van der Waals surface area (Å²) in [5.74, 6) is 0.887. The summed E-state index contributed by atoms with van der Waals surface area (Å²) in [5, 5.41) is 6.91. The average Bonchev–Trinajstić information content (AvgIpc) is 2.88. The topological polar surface area (TPSA) is 53.9 Å². The van der Waals surface area contributed by atoms with Crippen LogP contribution in [-0.2, 0) is 13.0 Å². The second-order valence-electron chi connectivity index (χ2n) is 5.77. The molecule has 1 N–H and O–H groups in total. The van der Waals surface area contributed by atoms with E-state index in [9.17, 15) is 4.79 Å². The largest absolute Gasteiger partial charge is 0.343 e. The van der Waals surface area contributed by atoms with Crippen LogP contribution in [0, 0.1) is 0 Å². The summed E-state index contributed by atoms with van der Waals surface area (Å²) in [7, 11) is 2.12. The number of nitrogens with zero attached hydrogens (tertiary/aromatic N) is 3. The molecule has 1 aliphatic rings. The molecule has 1 aromatic heterocycles. The highest BCUT2D eigenvalue weighted by Gasteiger charge is 2.26. The van der Waals surface area contributed by atoms with Gasteiger partial charge in [0.2, 0.25) is 0 Å². The van der Waals surface area contributed by atoms with E-state index in [0.29, 0.717) is 6.54 Å². The van der Waals surface area contributed by atoms with Gasteiger partial charge in [0, 0.05) is 6.54 Å². The Balaban J connectivity index is 1.79. The van der Waals surface area contributed by atoms with Crippen LogP contribution in [-0.4, -0.2) is 33.3 Å². The van der Waals surface area contributed by atoms with Gasteiger partial charge < -0.3 is 0 Å². The zero-order valence-electron chi connectivity index (χ0n) is 12.5. The third-order valence-corrected chi connectivity index (χ3v) is 4.32. The average molecular weight is 286 g/mol. The molecule has 1 atom stereocenters. The lowest BCUT2D eigenvalue weighted by atomic mass is 10.0. The Bertz CT molecular complexity index is 631. The molecule has 1 saturated heterocycles. The minimum Gasteiger partial charge on any atom is -0.296 e. The maximum absolute atomic E-state index is 12.0. The van der Waals surface area contributed by atoms with Gasteiger partial charge in [-0.25, -0.2) is 9.89 Å². The molecule has 5 nitrogen and oxygen atoms in total. The van der Waals surface area contributed by atoms with Gasteiger partial charge in [0.25, 0.3) is 0 Å². The molecule has 0 amide bonds. The second kappa shape index (κ2) is 6.26. The van der Waals surface area contributed by atoms with Crippen LogP contribution in [0.2, 0.25) is 0 Å². The van der Waals surface area contributed by atoms with Crippen LogP contribution in [0.25, 0.3) is 0 Å². The molecule has 0 radical (unpaired) electrons. The van der Waals surface area contributed by atoms with Crippen molar-refractivity contribution in [3.63, 3.8) is 0 Å². The van der Waals surface area contributed by atoms with E-state index in [1.165, 1.54) is 18.4 Å². The van der Waals surface area contributed by atoms with Crippen LogP contribution in [0.4, 0.5) is 0 Å². The standard InChI is InChI=1S/C16H22N4O/c1-19-11-6-5-9-14(19)15-17-18-16(21)20(15)12-10-13-7-3-2-4-8-13/h2-4,7-8,14H,5-6,9-12H2,1H3,(H,18,21)/t14-/m1/s1. The van der Waals surface area contributed by atoms with Crippen molar-refractivity contribution in [1.82, 2.24) is 19.7 Å². The van der Waals surface area contributed by atoms with Gasteiger partial charge in [-0.3, -0.25) is 9.47 Å². The second-order valence-corrected chi connectivity index (χ2v) is 5.77. The molecule has 3 rings (SSSR count). The number of piperidine rings is 1. The van der Waals surface area contributed by atoms with Crippen molar-refractivity contribution in [2.45, 2.75) is 38.3 Å². The normalized spacial score (nSPS) is 19.8. The molecule has 2 heterocycles. The number of H-pyrrole nitrogens is 1. The summed E-state index contributed by atoms with van der Waals surface area (Å²) >= 11 is 0. The summed E-state index contributed by atoms with van der Waals surface area (Å²) in [6.07, 6.45) is 4.36. The van der Waals surface area contributed by atoms with Gasteiger partial charge >= 0.3 is 5.69 Å². The molecule has 0 bridgehead atoms. The number of hydrogen-bond acceptors (Lipinski definition) is 3. The SMILES string of the molecule is CN1CCCC[C@@H]1c1n[nH]c(=O)n1CCc1ccccc1. The molecule has 1 fully saturated rings. The zero-order valence-corrected chi connectivity index (χ0v) is 12.5. The first kappa shape index (κ1) is 14.1. The Morgan fingerprint density at radius 2 is 2.10 bits per heavy atom. The third-order valence-electron chi connectivity index (χ3n) is 4.32. The number of rotatable bonds is 4. The summed E-state index contributed by atoms with van der Waals surface area (Å²) in [6.45, 7) is 1.75. The van der Waals surface area contributed by atoms with Gasteiger partial charge in [-0.2, -0.15) is 5.10 Å². The molecule has 0 aliphatic carbocycles. The molecule has 0 saturated carbocycles. The van der Waals surface area contributed by atoms with Crippen molar-refractivity contribution in [2.75, 3.05) is 13.6 Å². The maximum Gasteiger partial charge on any atom is 0.343 e. The molecule has 21 heavy (non-hydrogen) atoms. The van der Waals surface area contributed by atoms with E-state index < -0.39 is 0 Å². The van der Waals surface area contributed by atoms with Gasteiger partial charge in [-0.15, -0.1) is 0 Å². The Labute approximate surface area is 124 Å². The number of benzene rings is 1. The predicted molar refractivity (Wildman–Crippen MR) is 82.2 cm³/mol. The predicted octanol–water partition coefficient (Wildman–Crippen LogP) is 1.97. The summed E-state index contributed by atoms with van der Waals surface area (Å²) in [6, 6.07) is 10.5. The minimum absolute atomic E-state index is 0.0973. The van der Waals surface area contributed by atoms with Gasteiger partial charge in [0.05, 0.1) is 6.04 Å². The van der Waals surface area contributed by atoms with Crippen molar-refractivity contribution in [3.05, 3.63) is 52.2 Å². The Morgan fingerprint density at radius 1 is 1.29 bits per heavy atom. The van der Waals surface area contributed by atoms with Crippen LogP contribution in [0.1, 0.15) is 36.7 Å². The van der Waals surface area contributed by atoms with E-state index in [4.69, 9.17) is 0 Å². The third kappa shape index (κ3) is 3.08.